The van der Waals surface area contributed by atoms with Crippen molar-refractivity contribution >= 4 is 39.1 Å². The predicted molar refractivity (Wildman–Crippen MR) is 126 cm³/mol. The number of phenolic OH excluding ortho intramolecular Hbond substituents is 1. The molecule has 1 atom stereocenters. The molecule has 0 saturated heterocycles. The second-order valence-corrected chi connectivity index (χ2v) is 9.82. The molecule has 0 aliphatic carbocycles. The van der Waals surface area contributed by atoms with E-state index in [1.54, 1.807) is 12.1 Å². The maximum Gasteiger partial charge on any atom is 0.274 e. The first-order chi connectivity index (χ1) is 15.0. The van der Waals surface area contributed by atoms with Crippen LogP contribution in [0.3, 0.4) is 0 Å². The monoisotopic (exact) mass is 493 g/mol. The predicted octanol–water partition coefficient (Wildman–Crippen LogP) is 4.80. The molecule has 32 heavy (non-hydrogen) atoms. The zero-order valence-corrected chi connectivity index (χ0v) is 19.6. The third-order valence-corrected chi connectivity index (χ3v) is 5.86. The van der Waals surface area contributed by atoms with Gasteiger partial charge in [-0.15, -0.1) is 0 Å². The number of carbonyl (C=O) groups is 1. The van der Waals surface area contributed by atoms with Crippen molar-refractivity contribution in [1.29, 1.82) is 0 Å². The molecule has 0 spiro atoms. The maximum absolute atomic E-state index is 11.9. The molecule has 3 aromatic carbocycles. The number of nitrogens with one attached hydrogen (secondary N) is 1. The summed E-state index contributed by atoms with van der Waals surface area (Å²) in [5.41, 5.74) is 3.12. The van der Waals surface area contributed by atoms with Crippen molar-refractivity contribution in [3.8, 4) is 22.6 Å². The summed E-state index contributed by atoms with van der Waals surface area (Å²) in [5.74, 6) is -0.404. The molecule has 3 aromatic rings. The van der Waals surface area contributed by atoms with Crippen molar-refractivity contribution < 1.29 is 23.1 Å². The van der Waals surface area contributed by atoms with Gasteiger partial charge < -0.3 is 9.84 Å². The number of phenols is 1. The number of sulfonamides is 1. The number of rotatable bonds is 7. The molecule has 9 heteroatoms. The lowest BCUT2D eigenvalue weighted by Crippen LogP contribution is -2.39. The van der Waals surface area contributed by atoms with E-state index in [4.69, 9.17) is 27.9 Å². The molecule has 0 radical (unpaired) electrons. The van der Waals surface area contributed by atoms with Crippen LogP contribution in [0.1, 0.15) is 18.1 Å². The molecule has 0 unspecified atom stereocenters. The summed E-state index contributed by atoms with van der Waals surface area (Å²) in [4.78, 5) is 11.9. The van der Waals surface area contributed by atoms with E-state index in [1.807, 2.05) is 41.1 Å². The minimum Gasteiger partial charge on any atom is -0.507 e. The van der Waals surface area contributed by atoms with Crippen molar-refractivity contribution in [2.45, 2.75) is 19.4 Å². The topological polar surface area (TPSA) is 92.7 Å². The summed E-state index contributed by atoms with van der Waals surface area (Å²) in [6, 6.07) is 17.8. The number of carbonyl (C=O) groups excluding carboxylic acids is 1. The van der Waals surface area contributed by atoms with Gasteiger partial charge in [-0.1, -0.05) is 59.6 Å². The van der Waals surface area contributed by atoms with Crippen LogP contribution in [0, 0.1) is 0 Å². The molecular weight excluding hydrogens is 473 g/mol. The van der Waals surface area contributed by atoms with Crippen molar-refractivity contribution in [3.63, 3.8) is 0 Å². The number of hydrogen-bond acceptors (Lipinski definition) is 5. The SMILES string of the molecule is C[C@H](Oc1cc(Cl)c(Cc2ccc(O)c(-c3ccccc3)c2)c(Cl)c1)C(=O)NS(C)(=O)=O. The highest BCUT2D eigenvalue weighted by Crippen LogP contribution is 2.35. The lowest BCUT2D eigenvalue weighted by Gasteiger charge is -2.16. The Balaban J connectivity index is 1.81. The summed E-state index contributed by atoms with van der Waals surface area (Å²) in [7, 11) is -3.69. The van der Waals surface area contributed by atoms with Gasteiger partial charge in [-0.05, 0) is 47.9 Å². The Morgan fingerprint density at radius 1 is 1.06 bits per heavy atom. The number of halogens is 2. The average Bonchev–Trinajstić information content (AvgIpc) is 2.71. The Labute approximate surface area is 196 Å². The highest BCUT2D eigenvalue weighted by Gasteiger charge is 2.20. The molecule has 0 aliphatic rings. The third-order valence-electron chi connectivity index (χ3n) is 4.61. The molecular formula is C23H21Cl2NO5S. The van der Waals surface area contributed by atoms with Crippen LogP contribution in [-0.2, 0) is 21.2 Å². The summed E-state index contributed by atoms with van der Waals surface area (Å²) in [5, 5.41) is 10.9. The lowest BCUT2D eigenvalue weighted by atomic mass is 9.98. The van der Waals surface area contributed by atoms with Gasteiger partial charge in [0.1, 0.15) is 11.5 Å². The van der Waals surface area contributed by atoms with E-state index in [0.717, 1.165) is 17.4 Å². The van der Waals surface area contributed by atoms with Gasteiger partial charge in [0, 0.05) is 22.0 Å². The van der Waals surface area contributed by atoms with E-state index in [9.17, 15) is 18.3 Å². The Kier molecular flexibility index (Phi) is 7.33. The van der Waals surface area contributed by atoms with Crippen LogP contribution in [0.5, 0.6) is 11.5 Å². The summed E-state index contributed by atoms with van der Waals surface area (Å²) in [6.07, 6.45) is 0.211. The Morgan fingerprint density at radius 2 is 1.69 bits per heavy atom. The van der Waals surface area contributed by atoms with Crippen LogP contribution in [-0.4, -0.2) is 31.8 Å². The van der Waals surface area contributed by atoms with Gasteiger partial charge in [0.25, 0.3) is 5.91 Å². The third kappa shape index (κ3) is 6.16. The van der Waals surface area contributed by atoms with E-state index < -0.39 is 22.0 Å². The van der Waals surface area contributed by atoms with E-state index in [1.165, 1.54) is 19.1 Å². The van der Waals surface area contributed by atoms with E-state index >= 15 is 0 Å². The molecule has 0 aromatic heterocycles. The van der Waals surface area contributed by atoms with Crippen LogP contribution < -0.4 is 9.46 Å². The van der Waals surface area contributed by atoms with Crippen LogP contribution >= 0.6 is 23.2 Å². The zero-order valence-electron chi connectivity index (χ0n) is 17.3. The average molecular weight is 494 g/mol. The molecule has 0 fully saturated rings. The first-order valence-corrected chi connectivity index (χ1v) is 12.2. The molecule has 0 heterocycles. The fourth-order valence-corrected chi connectivity index (χ4v) is 4.22. The fraction of sp³-hybridized carbons (Fsp3) is 0.174. The quantitative estimate of drug-likeness (QED) is 0.492. The Bertz CT molecular complexity index is 1220. The fourth-order valence-electron chi connectivity index (χ4n) is 3.09. The number of ether oxygens (including phenoxy) is 1. The molecule has 6 nitrogen and oxygen atoms in total. The van der Waals surface area contributed by atoms with Gasteiger partial charge in [-0.3, -0.25) is 9.52 Å². The Hall–Kier alpha value is -2.74. The molecule has 2 N–H and O–H groups in total. The molecule has 0 saturated carbocycles. The summed E-state index contributed by atoms with van der Waals surface area (Å²) in [6.45, 7) is 1.41. The molecule has 1 amide bonds. The molecule has 168 valence electrons. The summed E-state index contributed by atoms with van der Waals surface area (Å²) < 4.78 is 29.8. The zero-order chi connectivity index (χ0) is 23.5. The normalized spacial score (nSPS) is 12.2. The van der Waals surface area contributed by atoms with Crippen LogP contribution in [0.2, 0.25) is 10.0 Å². The van der Waals surface area contributed by atoms with Gasteiger partial charge in [0.15, 0.2) is 6.10 Å². The van der Waals surface area contributed by atoms with Crippen molar-refractivity contribution in [2.24, 2.45) is 0 Å². The second-order valence-electron chi connectivity index (χ2n) is 7.26. The smallest absolute Gasteiger partial charge is 0.274 e. The minimum atomic E-state index is -3.69. The first kappa shape index (κ1) is 23.9. The summed E-state index contributed by atoms with van der Waals surface area (Å²) >= 11 is 12.9. The maximum atomic E-state index is 11.9. The second kappa shape index (κ2) is 9.81. The number of benzene rings is 3. The standard InChI is InChI=1S/C23H21Cl2NO5S/c1-14(23(28)26-32(2,29)30)31-17-12-20(24)19(21(25)13-17)11-15-8-9-22(27)18(10-15)16-6-4-3-5-7-16/h3-10,12-14,27H,11H2,1-2H3,(H,26,28)/t14-/m0/s1. The number of aromatic hydroxyl groups is 1. The van der Waals surface area contributed by atoms with E-state index in [0.29, 0.717) is 27.6 Å². The molecule has 3 rings (SSSR count). The van der Waals surface area contributed by atoms with Crippen LogP contribution in [0.4, 0.5) is 0 Å². The largest absolute Gasteiger partial charge is 0.507 e. The van der Waals surface area contributed by atoms with Gasteiger partial charge in [0.05, 0.1) is 6.26 Å². The molecule has 0 aliphatic heterocycles. The molecule has 0 bridgehead atoms. The lowest BCUT2D eigenvalue weighted by molar-refractivity contribution is -0.125. The van der Waals surface area contributed by atoms with Crippen molar-refractivity contribution in [2.75, 3.05) is 6.26 Å². The van der Waals surface area contributed by atoms with E-state index in [2.05, 4.69) is 0 Å². The van der Waals surface area contributed by atoms with Crippen molar-refractivity contribution in [1.82, 2.24) is 4.72 Å². The van der Waals surface area contributed by atoms with Gasteiger partial charge >= 0.3 is 0 Å². The Morgan fingerprint density at radius 3 is 2.28 bits per heavy atom. The van der Waals surface area contributed by atoms with Crippen LogP contribution in [0.15, 0.2) is 60.7 Å². The van der Waals surface area contributed by atoms with Crippen molar-refractivity contribution in [3.05, 3.63) is 81.8 Å². The highest BCUT2D eigenvalue weighted by atomic mass is 35.5. The highest BCUT2D eigenvalue weighted by molar-refractivity contribution is 7.89. The first-order valence-electron chi connectivity index (χ1n) is 9.57. The minimum absolute atomic E-state index is 0.169. The number of amides is 1. The van der Waals surface area contributed by atoms with Gasteiger partial charge in [0.2, 0.25) is 10.0 Å². The van der Waals surface area contributed by atoms with Crippen LogP contribution in [0.25, 0.3) is 11.1 Å². The van der Waals surface area contributed by atoms with E-state index in [-0.39, 0.29) is 11.5 Å². The van der Waals surface area contributed by atoms with Gasteiger partial charge in [-0.2, -0.15) is 0 Å². The van der Waals surface area contributed by atoms with Gasteiger partial charge in [-0.25, -0.2) is 8.42 Å². The number of hydrogen-bond donors (Lipinski definition) is 2.